The summed E-state index contributed by atoms with van der Waals surface area (Å²) >= 11 is 1.80. The van der Waals surface area contributed by atoms with Gasteiger partial charge >= 0.3 is 0 Å². The molecule has 23 heavy (non-hydrogen) atoms. The molecule has 0 unspecified atom stereocenters. The minimum Gasteiger partial charge on any atom is -0.393 e. The van der Waals surface area contributed by atoms with Crippen LogP contribution in [0.15, 0.2) is 22.5 Å². The lowest BCUT2D eigenvalue weighted by molar-refractivity contribution is 0.0824. The molecule has 0 aliphatic carbocycles. The van der Waals surface area contributed by atoms with E-state index in [1.807, 2.05) is 0 Å². The molecule has 1 aromatic rings. The molecule has 6 heteroatoms. The van der Waals surface area contributed by atoms with E-state index >= 15 is 0 Å². The maximum Gasteiger partial charge on any atom is 0.191 e. The number of hydrogen-bond donors (Lipinski definition) is 3. The molecule has 1 aliphatic rings. The SMILES string of the molecule is CCNC(=NCCCN1CCC(O)CC1)NCCc1cccs1. The van der Waals surface area contributed by atoms with Crippen LogP contribution >= 0.6 is 11.3 Å². The van der Waals surface area contributed by atoms with E-state index in [1.165, 1.54) is 4.88 Å². The molecule has 0 radical (unpaired) electrons. The van der Waals surface area contributed by atoms with Gasteiger partial charge in [0.1, 0.15) is 0 Å². The van der Waals surface area contributed by atoms with Crippen LogP contribution in [0.2, 0.25) is 0 Å². The standard InChI is InChI=1S/C17H30N4OS/c1-2-18-17(20-10-6-16-5-3-14-23-16)19-9-4-11-21-12-7-15(22)8-13-21/h3,5,14-15,22H,2,4,6-13H2,1H3,(H2,18,19,20). The van der Waals surface area contributed by atoms with Gasteiger partial charge in [0, 0.05) is 37.6 Å². The first-order chi connectivity index (χ1) is 11.3. The van der Waals surface area contributed by atoms with Crippen molar-refractivity contribution in [3.05, 3.63) is 22.4 Å². The third-order valence-electron chi connectivity index (χ3n) is 4.05. The minimum absolute atomic E-state index is 0.0860. The van der Waals surface area contributed by atoms with Crippen LogP contribution in [-0.4, -0.2) is 61.3 Å². The summed E-state index contributed by atoms with van der Waals surface area (Å²) in [4.78, 5) is 8.49. The molecule has 0 amide bonds. The number of aliphatic imine (C=N–C) groups is 1. The Morgan fingerprint density at radius 2 is 2.22 bits per heavy atom. The zero-order valence-electron chi connectivity index (χ0n) is 14.1. The number of hydrogen-bond acceptors (Lipinski definition) is 4. The van der Waals surface area contributed by atoms with Gasteiger partial charge in [-0.25, -0.2) is 0 Å². The molecule has 5 nitrogen and oxygen atoms in total. The van der Waals surface area contributed by atoms with E-state index in [1.54, 1.807) is 11.3 Å². The Morgan fingerprint density at radius 3 is 2.91 bits per heavy atom. The lowest BCUT2D eigenvalue weighted by Crippen LogP contribution is -2.39. The Labute approximate surface area is 143 Å². The van der Waals surface area contributed by atoms with Crippen LogP contribution in [0.4, 0.5) is 0 Å². The van der Waals surface area contributed by atoms with Gasteiger partial charge in [-0.3, -0.25) is 4.99 Å². The number of piperidine rings is 1. The molecule has 0 aromatic carbocycles. The number of rotatable bonds is 8. The van der Waals surface area contributed by atoms with E-state index in [4.69, 9.17) is 0 Å². The summed E-state index contributed by atoms with van der Waals surface area (Å²) in [6, 6.07) is 4.27. The highest BCUT2D eigenvalue weighted by molar-refractivity contribution is 7.09. The summed E-state index contributed by atoms with van der Waals surface area (Å²) in [6.45, 7) is 7.84. The van der Waals surface area contributed by atoms with Crippen molar-refractivity contribution in [3.63, 3.8) is 0 Å². The van der Waals surface area contributed by atoms with Crippen LogP contribution in [0, 0.1) is 0 Å². The summed E-state index contributed by atoms with van der Waals surface area (Å²) in [5, 5.41) is 18.3. The van der Waals surface area contributed by atoms with Gasteiger partial charge in [-0.15, -0.1) is 11.3 Å². The Bertz CT molecular complexity index is 441. The lowest BCUT2D eigenvalue weighted by atomic mass is 10.1. The molecule has 2 heterocycles. The van der Waals surface area contributed by atoms with Gasteiger partial charge < -0.3 is 20.6 Å². The number of aliphatic hydroxyl groups is 1. The van der Waals surface area contributed by atoms with E-state index in [0.29, 0.717) is 0 Å². The summed E-state index contributed by atoms with van der Waals surface area (Å²) in [7, 11) is 0. The third kappa shape index (κ3) is 7.33. The molecule has 130 valence electrons. The number of guanidine groups is 1. The zero-order valence-corrected chi connectivity index (χ0v) is 14.9. The predicted octanol–water partition coefficient (Wildman–Crippen LogP) is 1.69. The minimum atomic E-state index is -0.0860. The average molecular weight is 339 g/mol. The second-order valence-corrected chi connectivity index (χ2v) is 6.98. The van der Waals surface area contributed by atoms with Crippen molar-refractivity contribution in [2.75, 3.05) is 39.3 Å². The molecule has 2 rings (SSSR count). The molecule has 0 spiro atoms. The summed E-state index contributed by atoms with van der Waals surface area (Å²) < 4.78 is 0. The fraction of sp³-hybridized carbons (Fsp3) is 0.706. The molecule has 1 saturated heterocycles. The first-order valence-electron chi connectivity index (χ1n) is 8.73. The van der Waals surface area contributed by atoms with Crippen LogP contribution in [-0.2, 0) is 6.42 Å². The molecule has 0 saturated carbocycles. The fourth-order valence-electron chi connectivity index (χ4n) is 2.73. The summed E-state index contributed by atoms with van der Waals surface area (Å²) in [6.07, 6.45) is 3.85. The molecule has 0 atom stereocenters. The van der Waals surface area contributed by atoms with Crippen molar-refractivity contribution < 1.29 is 5.11 Å². The van der Waals surface area contributed by atoms with E-state index < -0.39 is 0 Å². The van der Waals surface area contributed by atoms with Crippen molar-refractivity contribution in [2.24, 2.45) is 4.99 Å². The van der Waals surface area contributed by atoms with Gasteiger partial charge in [-0.1, -0.05) is 6.07 Å². The number of nitrogens with zero attached hydrogens (tertiary/aromatic N) is 2. The monoisotopic (exact) mass is 338 g/mol. The van der Waals surface area contributed by atoms with Crippen molar-refractivity contribution in [2.45, 2.75) is 38.7 Å². The number of thiophene rings is 1. The molecule has 1 aliphatic heterocycles. The molecule has 0 bridgehead atoms. The largest absolute Gasteiger partial charge is 0.393 e. The molecule has 3 N–H and O–H groups in total. The highest BCUT2D eigenvalue weighted by atomic mass is 32.1. The molecule has 1 aromatic heterocycles. The lowest BCUT2D eigenvalue weighted by Gasteiger charge is -2.29. The fourth-order valence-corrected chi connectivity index (χ4v) is 3.44. The van der Waals surface area contributed by atoms with Gasteiger partial charge in [0.05, 0.1) is 6.10 Å². The quantitative estimate of drug-likeness (QED) is 0.384. The molecule has 1 fully saturated rings. The zero-order chi connectivity index (χ0) is 16.3. The Kier molecular flexibility index (Phi) is 8.42. The first kappa shape index (κ1) is 18.2. The van der Waals surface area contributed by atoms with Crippen LogP contribution in [0.5, 0.6) is 0 Å². The number of likely N-dealkylation sites (tertiary alicyclic amines) is 1. The smallest absolute Gasteiger partial charge is 0.191 e. The second kappa shape index (κ2) is 10.6. The third-order valence-corrected chi connectivity index (χ3v) is 4.98. The van der Waals surface area contributed by atoms with E-state index in [9.17, 15) is 5.11 Å². The van der Waals surface area contributed by atoms with Crippen LogP contribution < -0.4 is 10.6 Å². The van der Waals surface area contributed by atoms with Gasteiger partial charge in [-0.05, 0) is 50.6 Å². The topological polar surface area (TPSA) is 59.9 Å². The van der Waals surface area contributed by atoms with Gasteiger partial charge in [0.25, 0.3) is 0 Å². The van der Waals surface area contributed by atoms with Crippen molar-refractivity contribution in [3.8, 4) is 0 Å². The van der Waals surface area contributed by atoms with Crippen molar-refractivity contribution >= 4 is 17.3 Å². The average Bonchev–Trinajstić information content (AvgIpc) is 3.06. The molecular formula is C17H30N4OS. The van der Waals surface area contributed by atoms with Crippen LogP contribution in [0.1, 0.15) is 31.1 Å². The van der Waals surface area contributed by atoms with E-state index in [0.717, 1.165) is 70.9 Å². The maximum absolute atomic E-state index is 9.52. The van der Waals surface area contributed by atoms with E-state index in [-0.39, 0.29) is 6.10 Å². The van der Waals surface area contributed by atoms with Gasteiger partial charge in [0.2, 0.25) is 0 Å². The van der Waals surface area contributed by atoms with E-state index in [2.05, 4.69) is 45.0 Å². The number of aliphatic hydroxyl groups excluding tert-OH is 1. The van der Waals surface area contributed by atoms with Gasteiger partial charge in [-0.2, -0.15) is 0 Å². The van der Waals surface area contributed by atoms with Gasteiger partial charge in [0.15, 0.2) is 5.96 Å². The highest BCUT2D eigenvalue weighted by Crippen LogP contribution is 2.10. The highest BCUT2D eigenvalue weighted by Gasteiger charge is 2.15. The molecular weight excluding hydrogens is 308 g/mol. The number of nitrogens with one attached hydrogen (secondary N) is 2. The van der Waals surface area contributed by atoms with Crippen LogP contribution in [0.3, 0.4) is 0 Å². The Morgan fingerprint density at radius 1 is 1.39 bits per heavy atom. The summed E-state index contributed by atoms with van der Waals surface area (Å²) in [5.41, 5.74) is 0. The Balaban J connectivity index is 1.62. The Hall–Kier alpha value is -1.11. The summed E-state index contributed by atoms with van der Waals surface area (Å²) in [5.74, 6) is 0.915. The normalized spacial score (nSPS) is 17.4. The maximum atomic E-state index is 9.52. The second-order valence-electron chi connectivity index (χ2n) is 5.94. The van der Waals surface area contributed by atoms with Crippen molar-refractivity contribution in [1.29, 1.82) is 0 Å². The first-order valence-corrected chi connectivity index (χ1v) is 9.61. The van der Waals surface area contributed by atoms with Crippen molar-refractivity contribution in [1.82, 2.24) is 15.5 Å². The predicted molar refractivity (Wildman–Crippen MR) is 98.3 cm³/mol. The van der Waals surface area contributed by atoms with Crippen LogP contribution in [0.25, 0.3) is 0 Å².